The second-order valence-electron chi connectivity index (χ2n) is 7.29. The first-order chi connectivity index (χ1) is 11.5. The monoisotopic (exact) mass is 336 g/mol. The van der Waals surface area contributed by atoms with E-state index in [1.54, 1.807) is 0 Å². The summed E-state index contributed by atoms with van der Waals surface area (Å²) in [5.41, 5.74) is 0.101. The van der Waals surface area contributed by atoms with Gasteiger partial charge in [0.05, 0.1) is 6.10 Å². The number of rotatable bonds is 7. The average molecular weight is 337 g/mol. The Balaban J connectivity index is 2.27. The molecule has 0 saturated carbocycles. The van der Waals surface area contributed by atoms with Crippen LogP contribution < -0.4 is 10.4 Å². The van der Waals surface area contributed by atoms with Crippen LogP contribution in [0.2, 0.25) is 0 Å². The van der Waals surface area contributed by atoms with Crippen molar-refractivity contribution >= 4 is 19.4 Å². The van der Waals surface area contributed by atoms with Gasteiger partial charge in [0.2, 0.25) is 9.04 Å². The predicted molar refractivity (Wildman–Crippen MR) is 106 cm³/mol. The lowest BCUT2D eigenvalue weighted by atomic mass is 9.86. The Bertz CT molecular complexity index is 598. The Hall–Kier alpha value is -1.82. The Morgan fingerprint density at radius 3 is 1.88 bits per heavy atom. The summed E-state index contributed by atoms with van der Waals surface area (Å²) < 4.78 is 6.80. The molecule has 0 fully saturated rings. The average Bonchev–Trinajstić information content (AvgIpc) is 2.58. The molecule has 2 heteroatoms. The van der Waals surface area contributed by atoms with Gasteiger partial charge in [-0.3, -0.25) is 0 Å². The van der Waals surface area contributed by atoms with E-state index in [9.17, 15) is 0 Å². The van der Waals surface area contributed by atoms with Crippen LogP contribution in [0.25, 0.3) is 0 Å². The number of hydrogen-bond acceptors (Lipinski definition) is 1. The first-order valence-electron chi connectivity index (χ1n) is 8.71. The smallest absolute Gasteiger partial charge is 0.240 e. The molecule has 126 valence electrons. The SMILES string of the molecule is C#CCCCC(O[SiH](c1ccccc1)c1ccccc1)C(C)(C)C. The molecule has 1 unspecified atom stereocenters. The topological polar surface area (TPSA) is 9.23 Å². The highest BCUT2D eigenvalue weighted by Gasteiger charge is 2.29. The third-order valence-electron chi connectivity index (χ3n) is 4.26. The van der Waals surface area contributed by atoms with Crippen LogP contribution in [0, 0.1) is 17.8 Å². The summed E-state index contributed by atoms with van der Waals surface area (Å²) in [4.78, 5) is 0. The lowest BCUT2D eigenvalue weighted by molar-refractivity contribution is 0.0799. The van der Waals surface area contributed by atoms with Gasteiger partial charge in [-0.25, -0.2) is 0 Å². The zero-order valence-electron chi connectivity index (χ0n) is 15.0. The standard InChI is InChI=1S/C22H28OSi/c1-5-6-9-18-21(22(2,3)4)23-24(19-14-10-7-11-15-19)20-16-12-8-13-17-20/h1,7-8,10-17,21,24H,6,9,18H2,2-4H3. The van der Waals surface area contributed by atoms with E-state index in [0.717, 1.165) is 19.3 Å². The molecule has 2 rings (SSSR count). The lowest BCUT2D eigenvalue weighted by Crippen LogP contribution is -2.49. The molecule has 0 bridgehead atoms. The first kappa shape index (κ1) is 18.5. The molecule has 24 heavy (non-hydrogen) atoms. The highest BCUT2D eigenvalue weighted by molar-refractivity contribution is 6.80. The van der Waals surface area contributed by atoms with Crippen molar-refractivity contribution in [1.82, 2.24) is 0 Å². The summed E-state index contributed by atoms with van der Waals surface area (Å²) in [6.45, 7) is 6.78. The van der Waals surface area contributed by atoms with Crippen LogP contribution in [0.15, 0.2) is 60.7 Å². The Kier molecular flexibility index (Phi) is 6.84. The Morgan fingerprint density at radius 1 is 0.958 bits per heavy atom. The molecule has 1 atom stereocenters. The van der Waals surface area contributed by atoms with Gasteiger partial charge in [-0.2, -0.15) is 0 Å². The van der Waals surface area contributed by atoms with Crippen LogP contribution in [0.5, 0.6) is 0 Å². The van der Waals surface area contributed by atoms with Gasteiger partial charge in [0.25, 0.3) is 0 Å². The number of benzene rings is 2. The van der Waals surface area contributed by atoms with Crippen molar-refractivity contribution in [2.24, 2.45) is 5.41 Å². The van der Waals surface area contributed by atoms with Crippen LogP contribution in [-0.4, -0.2) is 15.1 Å². The van der Waals surface area contributed by atoms with Crippen molar-refractivity contribution in [2.45, 2.75) is 46.1 Å². The summed E-state index contributed by atoms with van der Waals surface area (Å²) in [6, 6.07) is 21.3. The van der Waals surface area contributed by atoms with Gasteiger partial charge in [-0.1, -0.05) is 81.4 Å². The molecular weight excluding hydrogens is 308 g/mol. The van der Waals surface area contributed by atoms with Gasteiger partial charge >= 0.3 is 0 Å². The van der Waals surface area contributed by atoms with Crippen molar-refractivity contribution in [1.29, 1.82) is 0 Å². The van der Waals surface area contributed by atoms with Crippen LogP contribution in [0.3, 0.4) is 0 Å². The first-order valence-corrected chi connectivity index (χ1v) is 10.3. The van der Waals surface area contributed by atoms with E-state index in [0.29, 0.717) is 0 Å². The van der Waals surface area contributed by atoms with Gasteiger partial charge < -0.3 is 4.43 Å². The van der Waals surface area contributed by atoms with Gasteiger partial charge in [-0.05, 0) is 28.6 Å². The van der Waals surface area contributed by atoms with E-state index in [1.165, 1.54) is 10.4 Å². The maximum atomic E-state index is 6.80. The second-order valence-corrected chi connectivity index (χ2v) is 9.65. The van der Waals surface area contributed by atoms with Crippen molar-refractivity contribution in [3.63, 3.8) is 0 Å². The zero-order valence-corrected chi connectivity index (χ0v) is 16.2. The van der Waals surface area contributed by atoms with E-state index in [-0.39, 0.29) is 11.5 Å². The minimum absolute atomic E-state index is 0.101. The number of hydrogen-bond donors (Lipinski definition) is 0. The lowest BCUT2D eigenvalue weighted by Gasteiger charge is -2.34. The molecular formula is C22H28OSi. The molecule has 0 aliphatic carbocycles. The third-order valence-corrected chi connectivity index (χ3v) is 6.84. The van der Waals surface area contributed by atoms with Gasteiger partial charge in [-0.15, -0.1) is 12.3 Å². The van der Waals surface area contributed by atoms with Crippen LogP contribution in [0.1, 0.15) is 40.0 Å². The largest absolute Gasteiger partial charge is 0.407 e. The van der Waals surface area contributed by atoms with E-state index in [4.69, 9.17) is 10.8 Å². The molecule has 2 aromatic rings. The summed E-state index contributed by atoms with van der Waals surface area (Å²) in [7, 11) is -1.71. The normalized spacial score (nSPS) is 12.8. The van der Waals surface area contributed by atoms with Crippen LogP contribution >= 0.6 is 0 Å². The molecule has 0 aliphatic rings. The summed E-state index contributed by atoms with van der Waals surface area (Å²) in [5.74, 6) is 2.75. The highest BCUT2D eigenvalue weighted by Crippen LogP contribution is 2.27. The van der Waals surface area contributed by atoms with E-state index >= 15 is 0 Å². The predicted octanol–water partition coefficient (Wildman–Crippen LogP) is 3.76. The molecule has 0 aromatic heterocycles. The fourth-order valence-corrected chi connectivity index (χ4v) is 5.58. The molecule has 0 heterocycles. The minimum Gasteiger partial charge on any atom is -0.407 e. The molecule has 1 nitrogen and oxygen atoms in total. The minimum atomic E-state index is -1.71. The molecule has 0 saturated heterocycles. The maximum Gasteiger partial charge on any atom is 0.240 e. The molecule has 0 amide bonds. The van der Waals surface area contributed by atoms with Crippen molar-refractivity contribution < 1.29 is 4.43 Å². The number of terminal acetylenes is 1. The van der Waals surface area contributed by atoms with Crippen molar-refractivity contribution in [3.05, 3.63) is 60.7 Å². The van der Waals surface area contributed by atoms with E-state index < -0.39 is 9.04 Å². The van der Waals surface area contributed by atoms with E-state index in [1.807, 2.05) is 0 Å². The zero-order chi connectivity index (χ0) is 17.4. The Labute approximate surface area is 148 Å². The third kappa shape index (κ3) is 5.37. The molecule has 2 aromatic carbocycles. The summed E-state index contributed by atoms with van der Waals surface area (Å²) in [6.07, 6.45) is 8.48. The fourth-order valence-electron chi connectivity index (χ4n) is 2.86. The summed E-state index contributed by atoms with van der Waals surface area (Å²) in [5, 5.41) is 2.66. The van der Waals surface area contributed by atoms with Crippen LogP contribution in [0.4, 0.5) is 0 Å². The Morgan fingerprint density at radius 2 is 1.46 bits per heavy atom. The fraction of sp³-hybridized carbons (Fsp3) is 0.364. The summed E-state index contributed by atoms with van der Waals surface area (Å²) >= 11 is 0. The van der Waals surface area contributed by atoms with Crippen molar-refractivity contribution in [3.8, 4) is 12.3 Å². The van der Waals surface area contributed by atoms with Gasteiger partial charge in [0, 0.05) is 6.42 Å². The van der Waals surface area contributed by atoms with Gasteiger partial charge in [0.15, 0.2) is 0 Å². The quantitative estimate of drug-likeness (QED) is 0.425. The van der Waals surface area contributed by atoms with Gasteiger partial charge in [0.1, 0.15) is 0 Å². The highest BCUT2D eigenvalue weighted by atomic mass is 28.3. The maximum absolute atomic E-state index is 6.80. The number of unbranched alkanes of at least 4 members (excludes halogenated alkanes) is 1. The molecule has 0 radical (unpaired) electrons. The second kappa shape index (κ2) is 8.87. The van der Waals surface area contributed by atoms with E-state index in [2.05, 4.69) is 87.4 Å². The molecule has 0 aliphatic heterocycles. The van der Waals surface area contributed by atoms with Crippen LogP contribution in [-0.2, 0) is 4.43 Å². The molecule has 0 spiro atoms. The molecule has 0 N–H and O–H groups in total. The van der Waals surface area contributed by atoms with Crippen molar-refractivity contribution in [2.75, 3.05) is 0 Å².